The molecule has 0 aliphatic carbocycles. The summed E-state index contributed by atoms with van der Waals surface area (Å²) in [4.78, 5) is 14.0. The molecule has 0 radical (unpaired) electrons. The molecule has 2 rings (SSSR count). The summed E-state index contributed by atoms with van der Waals surface area (Å²) in [7, 11) is 0. The van der Waals surface area contributed by atoms with Crippen LogP contribution in [0.1, 0.15) is 38.0 Å². The highest BCUT2D eigenvalue weighted by Gasteiger charge is 2.26. The lowest BCUT2D eigenvalue weighted by molar-refractivity contribution is -0.142. The summed E-state index contributed by atoms with van der Waals surface area (Å²) in [5.74, 6) is 0.277. The first-order chi connectivity index (χ1) is 9.11. The van der Waals surface area contributed by atoms with Crippen LogP contribution in [0.15, 0.2) is 24.3 Å². The van der Waals surface area contributed by atoms with Crippen LogP contribution in [0.5, 0.6) is 0 Å². The van der Waals surface area contributed by atoms with Gasteiger partial charge in [-0.1, -0.05) is 45.0 Å². The molecule has 0 spiro atoms. The molecule has 1 fully saturated rings. The SMILES string of the molecule is CCc1ccc(C2CN(C(=O)C(C)C)CCO2)cc1. The van der Waals surface area contributed by atoms with Crippen LogP contribution in [0.4, 0.5) is 0 Å². The summed E-state index contributed by atoms with van der Waals surface area (Å²) in [5.41, 5.74) is 2.49. The molecular weight excluding hydrogens is 238 g/mol. The van der Waals surface area contributed by atoms with Crippen LogP contribution in [0.3, 0.4) is 0 Å². The Bertz CT molecular complexity index is 425. The minimum absolute atomic E-state index is 0.0161. The van der Waals surface area contributed by atoms with Gasteiger partial charge in [0, 0.05) is 12.5 Å². The number of amides is 1. The van der Waals surface area contributed by atoms with Crippen LogP contribution in [-0.4, -0.2) is 30.5 Å². The van der Waals surface area contributed by atoms with Crippen LogP contribution in [0.2, 0.25) is 0 Å². The van der Waals surface area contributed by atoms with Gasteiger partial charge in [-0.15, -0.1) is 0 Å². The average molecular weight is 261 g/mol. The first-order valence-electron chi connectivity index (χ1n) is 7.11. The smallest absolute Gasteiger partial charge is 0.225 e. The van der Waals surface area contributed by atoms with Crippen molar-refractivity contribution in [3.63, 3.8) is 0 Å². The predicted molar refractivity (Wildman–Crippen MR) is 75.9 cm³/mol. The van der Waals surface area contributed by atoms with Gasteiger partial charge in [0.2, 0.25) is 5.91 Å². The molecule has 0 saturated carbocycles. The molecular formula is C16H23NO2. The summed E-state index contributed by atoms with van der Waals surface area (Å²) in [5, 5.41) is 0. The topological polar surface area (TPSA) is 29.5 Å². The van der Waals surface area contributed by atoms with E-state index in [1.165, 1.54) is 11.1 Å². The molecule has 1 aromatic carbocycles. The molecule has 3 nitrogen and oxygen atoms in total. The maximum absolute atomic E-state index is 12.0. The van der Waals surface area contributed by atoms with Gasteiger partial charge in [-0.3, -0.25) is 4.79 Å². The maximum atomic E-state index is 12.0. The van der Waals surface area contributed by atoms with E-state index in [-0.39, 0.29) is 17.9 Å². The minimum Gasteiger partial charge on any atom is -0.370 e. The summed E-state index contributed by atoms with van der Waals surface area (Å²) in [6, 6.07) is 8.52. The highest BCUT2D eigenvalue weighted by molar-refractivity contribution is 5.78. The number of nitrogens with zero attached hydrogens (tertiary/aromatic N) is 1. The van der Waals surface area contributed by atoms with Crippen LogP contribution >= 0.6 is 0 Å². The third-order valence-electron chi connectivity index (χ3n) is 3.63. The third-order valence-corrected chi connectivity index (χ3v) is 3.63. The lowest BCUT2D eigenvalue weighted by Crippen LogP contribution is -2.44. The summed E-state index contributed by atoms with van der Waals surface area (Å²) in [6.45, 7) is 8.04. The van der Waals surface area contributed by atoms with Gasteiger partial charge >= 0.3 is 0 Å². The van der Waals surface area contributed by atoms with Gasteiger partial charge in [0.1, 0.15) is 6.10 Å². The second-order valence-corrected chi connectivity index (χ2v) is 5.39. The second-order valence-electron chi connectivity index (χ2n) is 5.39. The number of morpholine rings is 1. The highest BCUT2D eigenvalue weighted by Crippen LogP contribution is 2.23. The van der Waals surface area contributed by atoms with Gasteiger partial charge in [-0.05, 0) is 17.5 Å². The van der Waals surface area contributed by atoms with E-state index in [0.717, 1.165) is 6.42 Å². The van der Waals surface area contributed by atoms with Crippen molar-refractivity contribution in [2.24, 2.45) is 5.92 Å². The fraction of sp³-hybridized carbons (Fsp3) is 0.562. The molecule has 1 aliphatic rings. The molecule has 1 heterocycles. The number of hydrogen-bond acceptors (Lipinski definition) is 2. The Hall–Kier alpha value is -1.35. The Morgan fingerprint density at radius 2 is 2.05 bits per heavy atom. The van der Waals surface area contributed by atoms with E-state index >= 15 is 0 Å². The Balaban J connectivity index is 2.05. The van der Waals surface area contributed by atoms with Crippen molar-refractivity contribution < 1.29 is 9.53 Å². The number of hydrogen-bond donors (Lipinski definition) is 0. The molecule has 1 amide bonds. The number of benzene rings is 1. The van der Waals surface area contributed by atoms with Gasteiger partial charge in [-0.25, -0.2) is 0 Å². The van der Waals surface area contributed by atoms with E-state index in [1.54, 1.807) is 0 Å². The van der Waals surface area contributed by atoms with E-state index in [2.05, 4.69) is 31.2 Å². The molecule has 1 aromatic rings. The van der Waals surface area contributed by atoms with E-state index < -0.39 is 0 Å². The summed E-state index contributed by atoms with van der Waals surface area (Å²) in [6.07, 6.45) is 1.06. The number of aryl methyl sites for hydroxylation is 1. The van der Waals surface area contributed by atoms with Crippen LogP contribution in [0, 0.1) is 5.92 Å². The van der Waals surface area contributed by atoms with Crippen LogP contribution in [0.25, 0.3) is 0 Å². The Morgan fingerprint density at radius 1 is 1.37 bits per heavy atom. The summed E-state index contributed by atoms with van der Waals surface area (Å²) < 4.78 is 5.80. The molecule has 1 saturated heterocycles. The lowest BCUT2D eigenvalue weighted by Gasteiger charge is -2.34. The first-order valence-corrected chi connectivity index (χ1v) is 7.11. The monoisotopic (exact) mass is 261 g/mol. The van der Waals surface area contributed by atoms with Gasteiger partial charge in [0.15, 0.2) is 0 Å². The second kappa shape index (κ2) is 6.20. The van der Waals surface area contributed by atoms with Gasteiger partial charge in [0.25, 0.3) is 0 Å². The molecule has 104 valence electrons. The third kappa shape index (κ3) is 3.35. The standard InChI is InChI=1S/C16H23NO2/c1-4-13-5-7-14(8-6-13)15-11-17(9-10-19-15)16(18)12(2)3/h5-8,12,15H,4,9-11H2,1-3H3. The van der Waals surface area contributed by atoms with E-state index in [0.29, 0.717) is 19.7 Å². The molecule has 1 atom stereocenters. The van der Waals surface area contributed by atoms with E-state index in [9.17, 15) is 4.79 Å². The number of carbonyl (C=O) groups is 1. The molecule has 1 unspecified atom stereocenters. The molecule has 0 N–H and O–H groups in total. The summed E-state index contributed by atoms with van der Waals surface area (Å²) >= 11 is 0. The van der Waals surface area contributed by atoms with Crippen LogP contribution in [-0.2, 0) is 16.0 Å². The number of rotatable bonds is 3. The van der Waals surface area contributed by atoms with E-state index in [4.69, 9.17) is 4.74 Å². The van der Waals surface area contributed by atoms with Crippen molar-refractivity contribution in [2.75, 3.05) is 19.7 Å². The van der Waals surface area contributed by atoms with Gasteiger partial charge in [-0.2, -0.15) is 0 Å². The Morgan fingerprint density at radius 3 is 2.63 bits per heavy atom. The molecule has 1 aliphatic heterocycles. The zero-order valence-electron chi connectivity index (χ0n) is 12.1. The predicted octanol–water partition coefficient (Wildman–Crippen LogP) is 2.80. The van der Waals surface area contributed by atoms with Gasteiger partial charge < -0.3 is 9.64 Å². The highest BCUT2D eigenvalue weighted by atomic mass is 16.5. The fourth-order valence-electron chi connectivity index (χ4n) is 2.38. The van der Waals surface area contributed by atoms with Crippen molar-refractivity contribution in [1.29, 1.82) is 0 Å². The van der Waals surface area contributed by atoms with Crippen LogP contribution < -0.4 is 0 Å². The zero-order chi connectivity index (χ0) is 13.8. The normalized spacial score (nSPS) is 19.8. The quantitative estimate of drug-likeness (QED) is 0.837. The number of carbonyl (C=O) groups excluding carboxylic acids is 1. The van der Waals surface area contributed by atoms with Crippen molar-refractivity contribution in [3.05, 3.63) is 35.4 Å². The first kappa shape index (κ1) is 14.1. The van der Waals surface area contributed by atoms with Gasteiger partial charge in [0.05, 0.1) is 13.2 Å². The van der Waals surface area contributed by atoms with Crippen molar-refractivity contribution in [3.8, 4) is 0 Å². The Labute approximate surface area is 115 Å². The van der Waals surface area contributed by atoms with E-state index in [1.807, 2.05) is 18.7 Å². The fourth-order valence-corrected chi connectivity index (χ4v) is 2.38. The lowest BCUT2D eigenvalue weighted by atomic mass is 10.0. The van der Waals surface area contributed by atoms with Crippen molar-refractivity contribution in [2.45, 2.75) is 33.3 Å². The molecule has 0 aromatic heterocycles. The zero-order valence-corrected chi connectivity index (χ0v) is 12.1. The number of ether oxygens (including phenoxy) is 1. The molecule has 19 heavy (non-hydrogen) atoms. The van der Waals surface area contributed by atoms with Crippen molar-refractivity contribution >= 4 is 5.91 Å². The maximum Gasteiger partial charge on any atom is 0.225 e. The Kier molecular flexibility index (Phi) is 4.59. The van der Waals surface area contributed by atoms with Crippen molar-refractivity contribution in [1.82, 2.24) is 4.90 Å². The largest absolute Gasteiger partial charge is 0.370 e. The average Bonchev–Trinajstić information content (AvgIpc) is 2.46. The molecule has 0 bridgehead atoms. The minimum atomic E-state index is 0.0161. The molecule has 3 heteroatoms.